The van der Waals surface area contributed by atoms with Crippen LogP contribution in [0.1, 0.15) is 37.6 Å². The van der Waals surface area contributed by atoms with Crippen molar-refractivity contribution < 1.29 is 4.79 Å². The highest BCUT2D eigenvalue weighted by Crippen LogP contribution is 2.43. The zero-order valence-corrected chi connectivity index (χ0v) is 22.7. The Morgan fingerprint density at radius 3 is 1.61 bits per heavy atom. The fraction of sp³-hybridized carbons (Fsp3) is 0.229. The summed E-state index contributed by atoms with van der Waals surface area (Å²) in [5.41, 5.74) is 5.17. The first-order chi connectivity index (χ1) is 18.4. The van der Waals surface area contributed by atoms with Gasteiger partial charge in [-0.1, -0.05) is 97.9 Å². The van der Waals surface area contributed by atoms with Crippen molar-refractivity contribution in [3.05, 3.63) is 109 Å². The van der Waals surface area contributed by atoms with Crippen LogP contribution in [-0.2, 0) is 0 Å². The lowest BCUT2D eigenvalue weighted by molar-refractivity contribution is 0.0902. The van der Waals surface area contributed by atoms with Gasteiger partial charge in [-0.3, -0.25) is 4.79 Å². The van der Waals surface area contributed by atoms with Crippen molar-refractivity contribution in [2.45, 2.75) is 32.7 Å². The molecule has 0 aliphatic carbocycles. The van der Waals surface area contributed by atoms with E-state index in [9.17, 15) is 4.79 Å². The molecule has 3 heteroatoms. The summed E-state index contributed by atoms with van der Waals surface area (Å²) in [5, 5.41) is 11.3. The molecule has 0 saturated carbocycles. The summed E-state index contributed by atoms with van der Waals surface area (Å²) in [7, 11) is 1.96. The molecule has 192 valence electrons. The van der Waals surface area contributed by atoms with E-state index in [1.807, 2.05) is 19.2 Å². The zero-order valence-electron chi connectivity index (χ0n) is 22.7. The Morgan fingerprint density at radius 2 is 1.13 bits per heavy atom. The van der Waals surface area contributed by atoms with Crippen molar-refractivity contribution in [3.8, 4) is 22.3 Å². The van der Waals surface area contributed by atoms with Crippen LogP contribution in [0.4, 0.5) is 0 Å². The molecule has 0 fully saturated rings. The van der Waals surface area contributed by atoms with Gasteiger partial charge in [0, 0.05) is 11.1 Å². The highest BCUT2D eigenvalue weighted by Gasteiger charge is 2.24. The number of carbonyl (C=O) groups excluding carboxylic acids is 1. The first-order valence-electron chi connectivity index (χ1n) is 13.4. The summed E-state index contributed by atoms with van der Waals surface area (Å²) in [6, 6.07) is 36.0. The minimum absolute atomic E-state index is 0.0349. The van der Waals surface area contributed by atoms with E-state index in [1.165, 1.54) is 38.2 Å². The minimum atomic E-state index is -0.286. The zero-order chi connectivity index (χ0) is 26.7. The SMILES string of the molecule is CNCC(C)CC(C)(C)NC(=O)c1ccc(-c2c3ccccc3c(-c3ccccc3)c3ccccc23)cc1. The van der Waals surface area contributed by atoms with Crippen LogP contribution in [0.15, 0.2) is 103 Å². The second-order valence-corrected chi connectivity index (χ2v) is 11.0. The first-order valence-corrected chi connectivity index (χ1v) is 13.4. The van der Waals surface area contributed by atoms with E-state index >= 15 is 0 Å². The maximum Gasteiger partial charge on any atom is 0.251 e. The number of amides is 1. The lowest BCUT2D eigenvalue weighted by Crippen LogP contribution is -2.45. The summed E-state index contributed by atoms with van der Waals surface area (Å²) in [6.07, 6.45) is 0.906. The standard InChI is InChI=1S/C35H36N2O/c1-24(23-36-4)22-35(2,3)37-34(38)27-20-18-26(19-21-27)33-30-16-10-8-14-28(30)32(25-12-6-5-7-13-25)29-15-9-11-17-31(29)33/h5-21,24,36H,22-23H2,1-4H3,(H,37,38). The van der Waals surface area contributed by atoms with Gasteiger partial charge in [0.2, 0.25) is 0 Å². The Hall–Kier alpha value is -3.95. The Morgan fingerprint density at radius 1 is 0.684 bits per heavy atom. The van der Waals surface area contributed by atoms with Crippen molar-refractivity contribution in [3.63, 3.8) is 0 Å². The Kier molecular flexibility index (Phi) is 7.31. The molecule has 5 aromatic carbocycles. The molecule has 0 bridgehead atoms. The Bertz CT molecular complexity index is 1510. The second-order valence-electron chi connectivity index (χ2n) is 11.0. The van der Waals surface area contributed by atoms with E-state index in [0.29, 0.717) is 11.5 Å². The molecule has 5 rings (SSSR count). The molecule has 2 N–H and O–H groups in total. The highest BCUT2D eigenvalue weighted by molar-refractivity contribution is 6.21. The maximum absolute atomic E-state index is 13.1. The molecule has 0 aromatic heterocycles. The fourth-order valence-corrected chi connectivity index (χ4v) is 5.87. The molecule has 0 spiro atoms. The van der Waals surface area contributed by atoms with E-state index in [0.717, 1.165) is 18.5 Å². The molecule has 1 amide bonds. The third-order valence-corrected chi connectivity index (χ3v) is 7.29. The highest BCUT2D eigenvalue weighted by atomic mass is 16.1. The topological polar surface area (TPSA) is 41.1 Å². The third kappa shape index (κ3) is 5.20. The smallest absolute Gasteiger partial charge is 0.251 e. The predicted molar refractivity (Wildman–Crippen MR) is 162 cm³/mol. The maximum atomic E-state index is 13.1. The first kappa shape index (κ1) is 25.7. The molecule has 5 aromatic rings. The third-order valence-electron chi connectivity index (χ3n) is 7.29. The van der Waals surface area contributed by atoms with Crippen molar-refractivity contribution in [2.75, 3.05) is 13.6 Å². The van der Waals surface area contributed by atoms with Crippen molar-refractivity contribution in [2.24, 2.45) is 5.92 Å². The second kappa shape index (κ2) is 10.8. The van der Waals surface area contributed by atoms with Crippen molar-refractivity contribution in [1.82, 2.24) is 10.6 Å². The number of nitrogens with one attached hydrogen (secondary N) is 2. The lowest BCUT2D eigenvalue weighted by atomic mass is 9.86. The molecular formula is C35H36N2O. The quantitative estimate of drug-likeness (QED) is 0.211. The van der Waals surface area contributed by atoms with Crippen LogP contribution in [0, 0.1) is 5.92 Å². The van der Waals surface area contributed by atoms with Gasteiger partial charge in [0.25, 0.3) is 5.91 Å². The molecule has 0 aliphatic rings. The number of rotatable bonds is 8. The number of fused-ring (bicyclic) bond motifs is 2. The van der Waals surface area contributed by atoms with Crippen LogP contribution < -0.4 is 10.6 Å². The molecule has 0 heterocycles. The normalized spacial score (nSPS) is 12.5. The average Bonchev–Trinajstić information content (AvgIpc) is 2.91. The number of hydrogen-bond donors (Lipinski definition) is 2. The van der Waals surface area contributed by atoms with Gasteiger partial charge in [-0.25, -0.2) is 0 Å². The van der Waals surface area contributed by atoms with Crippen molar-refractivity contribution in [1.29, 1.82) is 0 Å². The van der Waals surface area contributed by atoms with E-state index in [1.54, 1.807) is 0 Å². The minimum Gasteiger partial charge on any atom is -0.347 e. The number of carbonyl (C=O) groups is 1. The van der Waals surface area contributed by atoms with Crippen LogP contribution in [0.25, 0.3) is 43.8 Å². The van der Waals surface area contributed by atoms with E-state index in [-0.39, 0.29) is 11.4 Å². The van der Waals surface area contributed by atoms with E-state index in [2.05, 4.69) is 122 Å². The molecule has 1 unspecified atom stereocenters. The summed E-state index contributed by atoms with van der Waals surface area (Å²) in [5.74, 6) is 0.436. The van der Waals surface area contributed by atoms with E-state index < -0.39 is 0 Å². The summed E-state index contributed by atoms with van der Waals surface area (Å²) < 4.78 is 0. The van der Waals surface area contributed by atoms with Gasteiger partial charge in [0.1, 0.15) is 0 Å². The molecule has 1 atom stereocenters. The molecule has 0 aliphatic heterocycles. The van der Waals surface area contributed by atoms with Crippen LogP contribution in [0.2, 0.25) is 0 Å². The van der Waals surface area contributed by atoms with Gasteiger partial charge in [0.05, 0.1) is 0 Å². The Balaban J connectivity index is 1.55. The van der Waals surface area contributed by atoms with Gasteiger partial charge in [0.15, 0.2) is 0 Å². The number of benzene rings is 5. The molecule has 0 radical (unpaired) electrons. The van der Waals surface area contributed by atoms with Gasteiger partial charge >= 0.3 is 0 Å². The molecule has 3 nitrogen and oxygen atoms in total. The largest absolute Gasteiger partial charge is 0.347 e. The number of hydrogen-bond acceptors (Lipinski definition) is 2. The fourth-order valence-electron chi connectivity index (χ4n) is 5.87. The summed E-state index contributed by atoms with van der Waals surface area (Å²) >= 11 is 0. The van der Waals surface area contributed by atoms with Crippen molar-refractivity contribution >= 4 is 27.5 Å². The summed E-state index contributed by atoms with van der Waals surface area (Å²) in [6.45, 7) is 7.33. The van der Waals surface area contributed by atoms with Crippen LogP contribution >= 0.6 is 0 Å². The Labute approximate surface area is 225 Å². The molecule has 0 saturated heterocycles. The van der Waals surface area contributed by atoms with Gasteiger partial charge in [-0.15, -0.1) is 0 Å². The van der Waals surface area contributed by atoms with Gasteiger partial charge in [-0.2, -0.15) is 0 Å². The van der Waals surface area contributed by atoms with Gasteiger partial charge < -0.3 is 10.6 Å². The monoisotopic (exact) mass is 500 g/mol. The average molecular weight is 501 g/mol. The lowest BCUT2D eigenvalue weighted by Gasteiger charge is -2.29. The van der Waals surface area contributed by atoms with Crippen LogP contribution in [-0.4, -0.2) is 25.0 Å². The van der Waals surface area contributed by atoms with E-state index in [4.69, 9.17) is 0 Å². The summed E-state index contributed by atoms with van der Waals surface area (Å²) in [4.78, 5) is 13.1. The molecule has 38 heavy (non-hydrogen) atoms. The molecular weight excluding hydrogens is 464 g/mol. The predicted octanol–water partition coefficient (Wildman–Crippen LogP) is 8.08. The van der Waals surface area contributed by atoms with Crippen LogP contribution in [0.3, 0.4) is 0 Å². The van der Waals surface area contributed by atoms with Gasteiger partial charge in [-0.05, 0) is 95.7 Å². The van der Waals surface area contributed by atoms with Crippen LogP contribution in [0.5, 0.6) is 0 Å².